The lowest BCUT2D eigenvalue weighted by Gasteiger charge is -2.32. The lowest BCUT2D eigenvalue weighted by Crippen LogP contribution is -2.33. The molecule has 2 N–H and O–H groups in total. The highest BCUT2D eigenvalue weighted by molar-refractivity contribution is 5.78. The molecule has 0 radical (unpaired) electrons. The first-order valence-electron chi connectivity index (χ1n) is 8.62. The highest BCUT2D eigenvalue weighted by Gasteiger charge is 2.26. The van der Waals surface area contributed by atoms with Crippen LogP contribution in [0.15, 0.2) is 48.7 Å². The van der Waals surface area contributed by atoms with Crippen LogP contribution in [-0.4, -0.2) is 16.7 Å². The summed E-state index contributed by atoms with van der Waals surface area (Å²) in [5.41, 5.74) is 4.90. The van der Waals surface area contributed by atoms with Gasteiger partial charge in [0.15, 0.2) is 0 Å². The molecule has 1 aliphatic heterocycles. The van der Waals surface area contributed by atoms with E-state index in [1.54, 1.807) is 0 Å². The molecule has 0 amide bonds. The number of rotatable bonds is 4. The van der Waals surface area contributed by atoms with Crippen LogP contribution in [0.25, 0.3) is 10.9 Å². The van der Waals surface area contributed by atoms with Gasteiger partial charge in [-0.05, 0) is 41.2 Å². The fraction of sp³-hybridized carbons (Fsp3) is 0.350. The Morgan fingerprint density at radius 2 is 2.04 bits per heavy atom. The van der Waals surface area contributed by atoms with Crippen molar-refractivity contribution in [1.29, 1.82) is 0 Å². The topological polar surface area (TPSA) is 49.9 Å². The molecule has 0 saturated heterocycles. The van der Waals surface area contributed by atoms with Crippen LogP contribution in [0.2, 0.25) is 0 Å². The van der Waals surface area contributed by atoms with Gasteiger partial charge < -0.3 is 4.74 Å². The van der Waals surface area contributed by atoms with Crippen LogP contribution in [0.1, 0.15) is 42.9 Å². The average Bonchev–Trinajstić information content (AvgIpc) is 3.07. The summed E-state index contributed by atoms with van der Waals surface area (Å²) in [4.78, 5) is 0. The van der Waals surface area contributed by atoms with Crippen molar-refractivity contribution in [2.75, 3.05) is 6.54 Å². The molecule has 0 aliphatic carbocycles. The molecule has 1 aromatic heterocycles. The van der Waals surface area contributed by atoms with E-state index in [2.05, 4.69) is 71.8 Å². The predicted octanol–water partition coefficient (Wildman–Crippen LogP) is 4.12. The zero-order chi connectivity index (χ0) is 16.5. The minimum atomic E-state index is -0.0533. The van der Waals surface area contributed by atoms with E-state index in [1.807, 2.05) is 6.20 Å². The van der Waals surface area contributed by atoms with Crippen LogP contribution in [0, 0.1) is 5.92 Å². The first kappa shape index (κ1) is 15.4. The summed E-state index contributed by atoms with van der Waals surface area (Å²) in [6.07, 6.45) is 2.91. The number of hydrogen-bond acceptors (Lipinski definition) is 3. The summed E-state index contributed by atoms with van der Waals surface area (Å²) in [6, 6.07) is 15.0. The quantitative estimate of drug-likeness (QED) is 0.760. The largest absolute Gasteiger partial charge is 0.351 e. The van der Waals surface area contributed by atoms with Crippen molar-refractivity contribution >= 4 is 10.9 Å². The summed E-state index contributed by atoms with van der Waals surface area (Å²) in [5, 5.41) is 11.8. The third-order valence-electron chi connectivity index (χ3n) is 4.74. The first-order chi connectivity index (χ1) is 11.7. The third kappa shape index (κ3) is 2.83. The number of H-pyrrole nitrogens is 1. The number of ether oxygens (including phenoxy) is 1. The molecule has 3 aromatic rings. The van der Waals surface area contributed by atoms with Gasteiger partial charge in [-0.3, -0.25) is 10.4 Å². The van der Waals surface area contributed by atoms with Crippen molar-refractivity contribution in [2.45, 2.75) is 32.6 Å². The second kappa shape index (κ2) is 6.38. The lowest BCUT2D eigenvalue weighted by atomic mass is 9.96. The molecule has 124 valence electrons. The average molecular weight is 321 g/mol. The van der Waals surface area contributed by atoms with Crippen molar-refractivity contribution in [2.24, 2.45) is 5.92 Å². The second-order valence-electron chi connectivity index (χ2n) is 6.80. The van der Waals surface area contributed by atoms with E-state index in [4.69, 9.17) is 4.74 Å². The van der Waals surface area contributed by atoms with Crippen LogP contribution in [0.3, 0.4) is 0 Å². The van der Waals surface area contributed by atoms with E-state index < -0.39 is 0 Å². The molecule has 2 atom stereocenters. The molecule has 24 heavy (non-hydrogen) atoms. The van der Waals surface area contributed by atoms with Gasteiger partial charge in [-0.25, -0.2) is 0 Å². The summed E-state index contributed by atoms with van der Waals surface area (Å²) in [5.74, 6) is 0.380. The molecule has 2 heterocycles. The summed E-state index contributed by atoms with van der Waals surface area (Å²) < 4.78 is 6.55. The van der Waals surface area contributed by atoms with E-state index in [9.17, 15) is 0 Å². The van der Waals surface area contributed by atoms with Crippen molar-refractivity contribution in [3.63, 3.8) is 0 Å². The Kier molecular flexibility index (Phi) is 4.08. The second-order valence-corrected chi connectivity index (χ2v) is 6.80. The maximum Gasteiger partial charge on any atom is 0.135 e. The van der Waals surface area contributed by atoms with E-state index in [1.165, 1.54) is 16.7 Å². The van der Waals surface area contributed by atoms with Crippen LogP contribution >= 0.6 is 0 Å². The van der Waals surface area contributed by atoms with Gasteiger partial charge in [-0.15, -0.1) is 0 Å². The van der Waals surface area contributed by atoms with Crippen molar-refractivity contribution < 1.29 is 4.74 Å². The number of hydrogen-bond donors (Lipinski definition) is 2. The molecule has 1 aliphatic rings. The number of nitrogens with one attached hydrogen (secondary N) is 2. The number of benzene rings is 2. The van der Waals surface area contributed by atoms with Gasteiger partial charge >= 0.3 is 0 Å². The Labute approximate surface area is 142 Å². The maximum atomic E-state index is 6.55. The third-order valence-corrected chi connectivity index (χ3v) is 4.74. The highest BCUT2D eigenvalue weighted by atomic mass is 16.5. The molecule has 4 nitrogen and oxygen atoms in total. The fourth-order valence-electron chi connectivity index (χ4n) is 3.49. The van der Waals surface area contributed by atoms with Crippen LogP contribution in [-0.2, 0) is 11.2 Å². The van der Waals surface area contributed by atoms with Crippen LogP contribution in [0.4, 0.5) is 0 Å². The van der Waals surface area contributed by atoms with Gasteiger partial charge in [0.2, 0.25) is 0 Å². The van der Waals surface area contributed by atoms with Crippen LogP contribution in [0.5, 0.6) is 0 Å². The van der Waals surface area contributed by atoms with E-state index in [0.717, 1.165) is 23.9 Å². The molecule has 4 heteroatoms. The number of aromatic amines is 1. The molecular weight excluding hydrogens is 298 g/mol. The van der Waals surface area contributed by atoms with Gasteiger partial charge in [0.1, 0.15) is 6.23 Å². The molecule has 0 spiro atoms. The van der Waals surface area contributed by atoms with Gasteiger partial charge in [0, 0.05) is 11.9 Å². The standard InChI is InChI=1S/C20H23N3O/c1-13(2)19(15-7-8-18-16(11-15)12-22-23-18)24-20-17-6-4-3-5-14(17)9-10-21-20/h3-8,11-13,19-21H,9-10H2,1-2H3,(H,22,23). The summed E-state index contributed by atoms with van der Waals surface area (Å²) in [7, 11) is 0. The Hall–Kier alpha value is -2.17. The zero-order valence-electron chi connectivity index (χ0n) is 14.1. The maximum absolute atomic E-state index is 6.55. The molecule has 0 fully saturated rings. The van der Waals surface area contributed by atoms with Crippen molar-refractivity contribution in [3.8, 4) is 0 Å². The van der Waals surface area contributed by atoms with Gasteiger partial charge in [-0.2, -0.15) is 5.10 Å². The molecule has 2 unspecified atom stereocenters. The molecule has 0 bridgehead atoms. The fourth-order valence-corrected chi connectivity index (χ4v) is 3.49. The lowest BCUT2D eigenvalue weighted by molar-refractivity contribution is -0.0588. The van der Waals surface area contributed by atoms with Crippen molar-refractivity contribution in [1.82, 2.24) is 15.5 Å². The van der Waals surface area contributed by atoms with E-state index in [-0.39, 0.29) is 12.3 Å². The molecule has 2 aromatic carbocycles. The molecule has 0 saturated carbocycles. The van der Waals surface area contributed by atoms with Crippen LogP contribution < -0.4 is 5.32 Å². The summed E-state index contributed by atoms with van der Waals surface area (Å²) >= 11 is 0. The SMILES string of the molecule is CC(C)C(OC1NCCc2ccccc21)c1ccc2[nH]ncc2c1. The van der Waals surface area contributed by atoms with E-state index >= 15 is 0 Å². The highest BCUT2D eigenvalue weighted by Crippen LogP contribution is 2.34. The van der Waals surface area contributed by atoms with Crippen molar-refractivity contribution in [3.05, 3.63) is 65.4 Å². The number of fused-ring (bicyclic) bond motifs is 2. The Bertz CT molecular complexity index is 840. The molecular formula is C20H23N3O. The smallest absolute Gasteiger partial charge is 0.135 e. The van der Waals surface area contributed by atoms with Gasteiger partial charge in [0.05, 0.1) is 17.8 Å². The first-order valence-corrected chi connectivity index (χ1v) is 8.62. The van der Waals surface area contributed by atoms with E-state index in [0.29, 0.717) is 5.92 Å². The molecule has 4 rings (SSSR count). The number of aromatic nitrogens is 2. The predicted molar refractivity (Wildman–Crippen MR) is 95.6 cm³/mol. The van der Waals surface area contributed by atoms with Gasteiger partial charge in [-0.1, -0.05) is 44.2 Å². The zero-order valence-corrected chi connectivity index (χ0v) is 14.1. The minimum absolute atomic E-state index is 0.0351. The minimum Gasteiger partial charge on any atom is -0.351 e. The Balaban J connectivity index is 1.65. The Morgan fingerprint density at radius 1 is 1.17 bits per heavy atom. The monoisotopic (exact) mass is 321 g/mol. The summed E-state index contributed by atoms with van der Waals surface area (Å²) in [6.45, 7) is 5.37. The normalized spacial score (nSPS) is 18.7. The Morgan fingerprint density at radius 3 is 2.92 bits per heavy atom. The van der Waals surface area contributed by atoms with Gasteiger partial charge in [0.25, 0.3) is 0 Å². The number of nitrogens with zero attached hydrogens (tertiary/aromatic N) is 1.